The van der Waals surface area contributed by atoms with Crippen molar-refractivity contribution in [3.05, 3.63) is 60.2 Å². The van der Waals surface area contributed by atoms with Gasteiger partial charge in [0, 0.05) is 51.9 Å². The molecule has 1 amide bonds. The number of benzene rings is 2. The Morgan fingerprint density at radius 3 is 2.48 bits per heavy atom. The third kappa shape index (κ3) is 4.92. The Bertz CT molecular complexity index is 998. The minimum absolute atomic E-state index is 0.113. The number of carbonyl (C=O) groups excluding carboxylic acids is 1. The Hall–Kier alpha value is -2.42. The maximum atomic E-state index is 13.1. The first-order chi connectivity index (χ1) is 14.9. The van der Waals surface area contributed by atoms with Crippen LogP contribution in [0.5, 0.6) is 0 Å². The van der Waals surface area contributed by atoms with Gasteiger partial charge in [-0.25, -0.2) is 8.42 Å². The number of rotatable bonds is 6. The van der Waals surface area contributed by atoms with Gasteiger partial charge in [-0.15, -0.1) is 0 Å². The van der Waals surface area contributed by atoms with Crippen molar-refractivity contribution < 1.29 is 17.9 Å². The Labute approximate surface area is 184 Å². The van der Waals surface area contributed by atoms with E-state index < -0.39 is 10.0 Å². The number of nitrogens with zero attached hydrogens (tertiary/aromatic N) is 3. The molecular weight excluding hydrogens is 414 g/mol. The SMILES string of the molecule is CN(c1ccccc1)S(=O)(=O)c1cccc(C(=O)N2CCN(CC3CCCO3)CC2)c1. The van der Waals surface area contributed by atoms with Crippen LogP contribution >= 0.6 is 0 Å². The minimum Gasteiger partial charge on any atom is -0.377 e. The summed E-state index contributed by atoms with van der Waals surface area (Å²) in [5.41, 5.74) is 0.969. The number of para-hydroxylation sites is 1. The van der Waals surface area contributed by atoms with Gasteiger partial charge in [-0.1, -0.05) is 24.3 Å². The molecule has 0 aromatic heterocycles. The smallest absolute Gasteiger partial charge is 0.264 e. The Kier molecular flexibility index (Phi) is 6.60. The van der Waals surface area contributed by atoms with Gasteiger partial charge in [-0.3, -0.25) is 14.0 Å². The summed E-state index contributed by atoms with van der Waals surface area (Å²) in [6.45, 7) is 4.64. The molecule has 2 saturated heterocycles. The van der Waals surface area contributed by atoms with Crippen LogP contribution in [0.3, 0.4) is 0 Å². The van der Waals surface area contributed by atoms with Crippen LogP contribution in [0.2, 0.25) is 0 Å². The molecule has 2 aliphatic heterocycles. The fourth-order valence-electron chi connectivity index (χ4n) is 4.12. The molecule has 0 radical (unpaired) electrons. The van der Waals surface area contributed by atoms with Crippen molar-refractivity contribution in [1.82, 2.24) is 9.80 Å². The van der Waals surface area contributed by atoms with Crippen LogP contribution in [0.15, 0.2) is 59.5 Å². The van der Waals surface area contributed by atoms with Crippen molar-refractivity contribution in [3.8, 4) is 0 Å². The summed E-state index contributed by atoms with van der Waals surface area (Å²) in [6.07, 6.45) is 2.55. The molecule has 2 aromatic rings. The molecule has 0 spiro atoms. The normalized spacial score (nSPS) is 20.0. The maximum absolute atomic E-state index is 13.1. The summed E-state index contributed by atoms with van der Waals surface area (Å²) in [4.78, 5) is 17.3. The third-order valence-corrected chi connectivity index (χ3v) is 7.79. The molecular formula is C23H29N3O4S. The molecule has 4 rings (SSSR count). The number of hydrogen-bond acceptors (Lipinski definition) is 5. The quantitative estimate of drug-likeness (QED) is 0.686. The Morgan fingerprint density at radius 2 is 1.81 bits per heavy atom. The van der Waals surface area contributed by atoms with Gasteiger partial charge in [-0.2, -0.15) is 0 Å². The van der Waals surface area contributed by atoms with E-state index in [1.807, 2.05) is 6.07 Å². The molecule has 1 atom stereocenters. The molecule has 0 aliphatic carbocycles. The molecule has 0 bridgehead atoms. The van der Waals surface area contributed by atoms with Crippen LogP contribution in [0.25, 0.3) is 0 Å². The minimum atomic E-state index is -3.76. The third-order valence-electron chi connectivity index (χ3n) is 6.00. The highest BCUT2D eigenvalue weighted by atomic mass is 32.2. The van der Waals surface area contributed by atoms with E-state index in [1.165, 1.54) is 23.5 Å². The largest absolute Gasteiger partial charge is 0.377 e. The molecule has 7 nitrogen and oxygen atoms in total. The molecule has 8 heteroatoms. The van der Waals surface area contributed by atoms with Crippen LogP contribution in [-0.4, -0.2) is 76.6 Å². The lowest BCUT2D eigenvalue weighted by Gasteiger charge is -2.35. The molecule has 31 heavy (non-hydrogen) atoms. The summed E-state index contributed by atoms with van der Waals surface area (Å²) < 4.78 is 33.1. The van der Waals surface area contributed by atoms with E-state index >= 15 is 0 Å². The number of piperazine rings is 1. The molecule has 2 heterocycles. The fourth-order valence-corrected chi connectivity index (χ4v) is 5.36. The van der Waals surface area contributed by atoms with Gasteiger partial charge < -0.3 is 9.64 Å². The van der Waals surface area contributed by atoms with Crippen LogP contribution in [-0.2, 0) is 14.8 Å². The van der Waals surface area contributed by atoms with E-state index in [4.69, 9.17) is 4.74 Å². The molecule has 166 valence electrons. The number of ether oxygens (including phenoxy) is 1. The highest BCUT2D eigenvalue weighted by molar-refractivity contribution is 7.92. The average Bonchev–Trinajstić information content (AvgIpc) is 3.32. The van der Waals surface area contributed by atoms with Crippen molar-refractivity contribution in [1.29, 1.82) is 0 Å². The van der Waals surface area contributed by atoms with Gasteiger partial charge in [0.2, 0.25) is 0 Å². The summed E-state index contributed by atoms with van der Waals surface area (Å²) in [6, 6.07) is 15.2. The van der Waals surface area contributed by atoms with Gasteiger partial charge in [-0.05, 0) is 43.2 Å². The van der Waals surface area contributed by atoms with Gasteiger partial charge in [0.05, 0.1) is 16.7 Å². The zero-order valence-electron chi connectivity index (χ0n) is 17.8. The second-order valence-corrected chi connectivity index (χ2v) is 10.0. The Morgan fingerprint density at radius 1 is 1.06 bits per heavy atom. The molecule has 2 fully saturated rings. The monoisotopic (exact) mass is 443 g/mol. The summed E-state index contributed by atoms with van der Waals surface area (Å²) in [7, 11) is -2.24. The zero-order valence-corrected chi connectivity index (χ0v) is 18.6. The van der Waals surface area contributed by atoms with Gasteiger partial charge in [0.25, 0.3) is 15.9 Å². The van der Waals surface area contributed by atoms with Crippen molar-refractivity contribution in [2.24, 2.45) is 0 Å². The van der Waals surface area contributed by atoms with Crippen molar-refractivity contribution in [2.45, 2.75) is 23.8 Å². The van der Waals surface area contributed by atoms with Crippen LogP contribution in [0, 0.1) is 0 Å². The standard InChI is InChI=1S/C23H29N3O4S/c1-24(20-8-3-2-4-9-20)31(28,29)22-11-5-7-19(17-22)23(27)26-14-12-25(13-15-26)18-21-10-6-16-30-21/h2-5,7-9,11,17,21H,6,10,12-16,18H2,1H3. The second-order valence-electron chi connectivity index (χ2n) is 8.06. The van der Waals surface area contributed by atoms with Crippen LogP contribution in [0.1, 0.15) is 23.2 Å². The van der Waals surface area contributed by atoms with E-state index in [1.54, 1.807) is 41.3 Å². The van der Waals surface area contributed by atoms with Crippen LogP contribution in [0.4, 0.5) is 5.69 Å². The van der Waals surface area contributed by atoms with Crippen LogP contribution < -0.4 is 4.31 Å². The summed E-state index contributed by atoms with van der Waals surface area (Å²) in [5.74, 6) is -0.129. The highest BCUT2D eigenvalue weighted by Crippen LogP contribution is 2.23. The lowest BCUT2D eigenvalue weighted by atomic mass is 10.1. The van der Waals surface area contributed by atoms with E-state index in [9.17, 15) is 13.2 Å². The number of carbonyl (C=O) groups is 1. The lowest BCUT2D eigenvalue weighted by Crippen LogP contribution is -2.50. The molecule has 2 aliphatic rings. The summed E-state index contributed by atoms with van der Waals surface area (Å²) in [5, 5.41) is 0. The van der Waals surface area contributed by atoms with E-state index in [-0.39, 0.29) is 10.8 Å². The topological polar surface area (TPSA) is 70.2 Å². The average molecular weight is 444 g/mol. The first-order valence-electron chi connectivity index (χ1n) is 10.7. The van der Waals surface area contributed by atoms with Crippen molar-refractivity contribution in [3.63, 3.8) is 0 Å². The number of hydrogen-bond donors (Lipinski definition) is 0. The van der Waals surface area contributed by atoms with E-state index in [2.05, 4.69) is 4.90 Å². The second kappa shape index (κ2) is 9.38. The molecule has 0 saturated carbocycles. The Balaban J connectivity index is 1.42. The lowest BCUT2D eigenvalue weighted by molar-refractivity contribution is 0.0432. The molecule has 0 N–H and O–H groups in total. The molecule has 1 unspecified atom stereocenters. The highest BCUT2D eigenvalue weighted by Gasteiger charge is 2.27. The van der Waals surface area contributed by atoms with Gasteiger partial charge >= 0.3 is 0 Å². The maximum Gasteiger partial charge on any atom is 0.264 e. The van der Waals surface area contributed by atoms with Gasteiger partial charge in [0.15, 0.2) is 0 Å². The summed E-state index contributed by atoms with van der Waals surface area (Å²) >= 11 is 0. The van der Waals surface area contributed by atoms with Gasteiger partial charge in [0.1, 0.15) is 0 Å². The predicted molar refractivity (Wildman–Crippen MR) is 120 cm³/mol. The molecule has 2 aromatic carbocycles. The number of amides is 1. The van der Waals surface area contributed by atoms with Crippen molar-refractivity contribution in [2.75, 3.05) is 50.7 Å². The zero-order chi connectivity index (χ0) is 21.8. The first kappa shape index (κ1) is 21.8. The fraction of sp³-hybridized carbons (Fsp3) is 0.435. The van der Waals surface area contributed by atoms with E-state index in [0.29, 0.717) is 30.4 Å². The number of sulfonamides is 1. The van der Waals surface area contributed by atoms with Crippen molar-refractivity contribution >= 4 is 21.6 Å². The predicted octanol–water partition coefficient (Wildman–Crippen LogP) is 2.45. The van der Waals surface area contributed by atoms with E-state index in [0.717, 1.165) is 39.1 Å². The first-order valence-corrected chi connectivity index (χ1v) is 12.2. The number of anilines is 1.